The van der Waals surface area contributed by atoms with Crippen molar-refractivity contribution in [2.75, 3.05) is 38.8 Å². The van der Waals surface area contributed by atoms with Crippen molar-refractivity contribution in [3.63, 3.8) is 0 Å². The Labute approximate surface area is 297 Å². The molecule has 3 saturated heterocycles. The maximum absolute atomic E-state index is 15.0. The molecule has 0 spiro atoms. The van der Waals surface area contributed by atoms with E-state index in [0.29, 0.717) is 39.5 Å². The van der Waals surface area contributed by atoms with Crippen molar-refractivity contribution in [3.8, 4) is 11.5 Å². The Bertz CT molecular complexity index is 1810. The van der Waals surface area contributed by atoms with Crippen LogP contribution >= 0.6 is 34.5 Å². The number of nitrogens with zero attached hydrogens (tertiary/aromatic N) is 3. The van der Waals surface area contributed by atoms with E-state index in [2.05, 4.69) is 4.90 Å². The molecule has 49 heavy (non-hydrogen) atoms. The van der Waals surface area contributed by atoms with Crippen LogP contribution in [0.4, 0.5) is 14.9 Å². The highest BCUT2D eigenvalue weighted by Crippen LogP contribution is 2.36. The van der Waals surface area contributed by atoms with Gasteiger partial charge in [0.2, 0.25) is 0 Å². The van der Waals surface area contributed by atoms with Gasteiger partial charge in [0.1, 0.15) is 32.9 Å². The molecule has 4 aromatic rings. The Morgan fingerprint density at radius 2 is 1.78 bits per heavy atom. The zero-order valence-corrected chi connectivity index (χ0v) is 29.1. The van der Waals surface area contributed by atoms with Gasteiger partial charge in [-0.25, -0.2) is 14.0 Å². The number of benzene rings is 2. The lowest BCUT2D eigenvalue weighted by molar-refractivity contribution is -0.605. The van der Waals surface area contributed by atoms with E-state index in [1.54, 1.807) is 41.8 Å². The average Bonchev–Trinajstić information content (AvgIpc) is 3.57. The van der Waals surface area contributed by atoms with Crippen LogP contribution in [0.15, 0.2) is 66.3 Å². The molecule has 0 radical (unpaired) electrons. The van der Waals surface area contributed by atoms with Gasteiger partial charge in [-0.1, -0.05) is 41.4 Å². The van der Waals surface area contributed by atoms with Gasteiger partial charge in [0.15, 0.2) is 23.9 Å². The molecule has 1 amide bonds. The molecule has 0 saturated carbocycles. The molecule has 3 fully saturated rings. The second-order valence-corrected chi connectivity index (χ2v) is 13.6. The zero-order valence-electron chi connectivity index (χ0n) is 26.8. The van der Waals surface area contributed by atoms with Crippen LogP contribution in [0.25, 0.3) is 0 Å². The highest BCUT2D eigenvalue weighted by Gasteiger charge is 2.38. The SMILES string of the molecule is COc1ccc([C@H](Cc2c(Cl)c[n+]([O-])cc2Cl)OC(=O)c2cc(CN(C(=O)O[C@H]3CN4CCC3CC4)c3ccccc3F)cs2)cc1OC. The summed E-state index contributed by atoms with van der Waals surface area (Å²) in [7, 11) is 3.00. The number of piperidine rings is 3. The summed E-state index contributed by atoms with van der Waals surface area (Å²) in [6, 6.07) is 12.7. The van der Waals surface area contributed by atoms with E-state index in [1.807, 2.05) is 0 Å². The first kappa shape index (κ1) is 34.8. The van der Waals surface area contributed by atoms with Crippen LogP contribution in [0.5, 0.6) is 11.5 Å². The summed E-state index contributed by atoms with van der Waals surface area (Å²) < 4.78 is 38.4. The Balaban J connectivity index is 1.24. The number of hydrogen-bond donors (Lipinski definition) is 0. The first-order valence-electron chi connectivity index (χ1n) is 15.7. The summed E-state index contributed by atoms with van der Waals surface area (Å²) in [6.45, 7) is 2.60. The lowest BCUT2D eigenvalue weighted by atomic mass is 9.86. The number of amides is 1. The minimum absolute atomic E-state index is 0.0336. The lowest BCUT2D eigenvalue weighted by Crippen LogP contribution is -2.53. The number of aromatic nitrogens is 1. The smallest absolute Gasteiger partial charge is 0.415 e. The van der Waals surface area contributed by atoms with Crippen LogP contribution in [0.2, 0.25) is 10.0 Å². The van der Waals surface area contributed by atoms with E-state index >= 15 is 4.39 Å². The molecule has 2 aromatic carbocycles. The maximum atomic E-state index is 15.0. The molecule has 10 nitrogen and oxygen atoms in total. The fraction of sp³-hybridized carbons (Fsp3) is 0.343. The fourth-order valence-corrected chi connectivity index (χ4v) is 7.67. The molecule has 14 heteroatoms. The number of thiophene rings is 1. The number of pyridine rings is 1. The molecule has 0 unspecified atom stereocenters. The molecule has 2 atom stereocenters. The quantitative estimate of drug-likeness (QED) is 0.0906. The molecule has 2 bridgehead atoms. The second-order valence-electron chi connectivity index (χ2n) is 11.9. The van der Waals surface area contributed by atoms with Crippen LogP contribution in [-0.2, 0) is 22.4 Å². The average molecular weight is 731 g/mol. The van der Waals surface area contributed by atoms with E-state index in [0.717, 1.165) is 37.3 Å². The zero-order chi connectivity index (χ0) is 34.7. The molecule has 5 heterocycles. The molecular formula is C35H34Cl2FN3O7S. The number of ether oxygens (including phenoxy) is 4. The molecule has 7 rings (SSSR count). The van der Waals surface area contributed by atoms with Crippen molar-refractivity contribution in [3.05, 3.63) is 109 Å². The summed E-state index contributed by atoms with van der Waals surface area (Å²) in [5, 5.41) is 13.8. The number of rotatable bonds is 11. The van der Waals surface area contributed by atoms with Gasteiger partial charge < -0.3 is 24.2 Å². The van der Waals surface area contributed by atoms with E-state index in [1.165, 1.54) is 43.6 Å². The van der Waals surface area contributed by atoms with Crippen molar-refractivity contribution < 1.29 is 37.7 Å². The van der Waals surface area contributed by atoms with Gasteiger partial charge in [-0.05, 0) is 78.7 Å². The van der Waals surface area contributed by atoms with Crippen molar-refractivity contribution in [2.24, 2.45) is 5.92 Å². The van der Waals surface area contributed by atoms with Gasteiger partial charge in [0.25, 0.3) is 0 Å². The molecular weight excluding hydrogens is 696 g/mol. The summed E-state index contributed by atoms with van der Waals surface area (Å²) in [4.78, 5) is 31.0. The summed E-state index contributed by atoms with van der Waals surface area (Å²) in [6.07, 6.45) is 2.49. The van der Waals surface area contributed by atoms with Gasteiger partial charge in [-0.15, -0.1) is 11.3 Å². The van der Waals surface area contributed by atoms with E-state index in [9.17, 15) is 14.8 Å². The third-order valence-electron chi connectivity index (χ3n) is 8.88. The number of para-hydroxylation sites is 1. The minimum atomic E-state index is -0.901. The van der Waals surface area contributed by atoms with Crippen molar-refractivity contribution in [1.29, 1.82) is 0 Å². The highest BCUT2D eigenvalue weighted by atomic mass is 35.5. The summed E-state index contributed by atoms with van der Waals surface area (Å²) in [5.41, 5.74) is 1.64. The summed E-state index contributed by atoms with van der Waals surface area (Å²) >= 11 is 13.9. The van der Waals surface area contributed by atoms with Gasteiger partial charge in [0.05, 0.1) is 26.5 Å². The molecule has 2 aromatic heterocycles. The standard InChI is InChI=1S/C35H34Cl2FN3O7S/c1-45-29-8-7-23(14-31(29)46-2)30(15-24-25(36)17-40(44)18-26(24)37)47-34(42)33-13-21(20-49-33)16-41(28-6-4-3-5-27(28)38)35(43)48-32-19-39-11-9-22(32)10-12-39/h3-8,13-14,17-18,20,22,30,32H,9-12,15-16,19H2,1-2H3/t30-,32-/m0/s1. The van der Waals surface area contributed by atoms with Gasteiger partial charge in [-0.3, -0.25) is 9.80 Å². The molecule has 258 valence electrons. The number of hydrogen-bond acceptors (Lipinski definition) is 9. The number of halogens is 3. The topological polar surface area (TPSA) is 104 Å². The number of esters is 1. The Kier molecular flexibility index (Phi) is 10.8. The fourth-order valence-electron chi connectivity index (χ4n) is 6.28. The van der Waals surface area contributed by atoms with Gasteiger partial charge in [0, 0.05) is 18.5 Å². The van der Waals surface area contributed by atoms with Crippen molar-refractivity contribution in [1.82, 2.24) is 4.90 Å². The number of anilines is 1. The van der Waals surface area contributed by atoms with E-state index < -0.39 is 24.0 Å². The van der Waals surface area contributed by atoms with Gasteiger partial charge in [-0.2, -0.15) is 4.73 Å². The predicted octanol–water partition coefficient (Wildman–Crippen LogP) is 7.22. The summed E-state index contributed by atoms with van der Waals surface area (Å²) in [5.74, 6) is -0.0410. The molecule has 0 N–H and O–H groups in total. The van der Waals surface area contributed by atoms with Crippen LogP contribution in [-0.4, -0.2) is 56.9 Å². The number of methoxy groups -OCH3 is 2. The van der Waals surface area contributed by atoms with E-state index in [4.69, 9.17) is 42.1 Å². The molecule has 3 aliphatic rings. The first-order valence-corrected chi connectivity index (χ1v) is 17.3. The van der Waals surface area contributed by atoms with Crippen molar-refractivity contribution in [2.45, 2.75) is 38.0 Å². The minimum Gasteiger partial charge on any atom is -0.619 e. The number of carbonyl (C=O) groups is 2. The highest BCUT2D eigenvalue weighted by molar-refractivity contribution is 7.12. The second kappa shape index (κ2) is 15.2. The number of fused-ring (bicyclic) bond motifs is 3. The molecule has 0 aliphatic carbocycles. The largest absolute Gasteiger partial charge is 0.619 e. The molecule has 3 aliphatic heterocycles. The van der Waals surface area contributed by atoms with Crippen LogP contribution in [0.3, 0.4) is 0 Å². The maximum Gasteiger partial charge on any atom is 0.415 e. The Hall–Kier alpha value is -4.10. The third-order valence-corrected chi connectivity index (χ3v) is 10.5. The van der Waals surface area contributed by atoms with Gasteiger partial charge >= 0.3 is 12.1 Å². The van der Waals surface area contributed by atoms with Crippen LogP contribution in [0.1, 0.15) is 45.3 Å². The normalized spacial score (nSPS) is 18.8. The Morgan fingerprint density at radius 1 is 1.06 bits per heavy atom. The third kappa shape index (κ3) is 7.88. The van der Waals surface area contributed by atoms with Crippen molar-refractivity contribution >= 4 is 52.3 Å². The predicted molar refractivity (Wildman–Crippen MR) is 183 cm³/mol. The first-order chi connectivity index (χ1) is 23.6. The number of carbonyl (C=O) groups excluding carboxylic acids is 2. The van der Waals surface area contributed by atoms with E-state index in [-0.39, 0.29) is 45.6 Å². The lowest BCUT2D eigenvalue weighted by Gasteiger charge is -2.44. The van der Waals surface area contributed by atoms with Crippen LogP contribution < -0.4 is 19.1 Å². The Morgan fingerprint density at radius 3 is 2.43 bits per heavy atom. The monoisotopic (exact) mass is 729 g/mol. The van der Waals surface area contributed by atoms with Crippen LogP contribution in [0, 0.1) is 16.9 Å².